The van der Waals surface area contributed by atoms with Crippen molar-refractivity contribution in [1.29, 1.82) is 0 Å². The highest BCUT2D eigenvalue weighted by molar-refractivity contribution is 5.92. The maximum atomic E-state index is 12.4. The van der Waals surface area contributed by atoms with Crippen LogP contribution in [0.5, 0.6) is 0 Å². The first kappa shape index (κ1) is 15.4. The van der Waals surface area contributed by atoms with Gasteiger partial charge in [0.1, 0.15) is 6.54 Å². The van der Waals surface area contributed by atoms with Crippen molar-refractivity contribution < 1.29 is 14.7 Å². The summed E-state index contributed by atoms with van der Waals surface area (Å²) in [6.07, 6.45) is 1.75. The Kier molecular flexibility index (Phi) is 4.21. The zero-order valence-electron chi connectivity index (χ0n) is 12.7. The summed E-state index contributed by atoms with van der Waals surface area (Å²) in [5.74, 6) is -0.985. The van der Waals surface area contributed by atoms with E-state index in [1.807, 2.05) is 24.3 Å². The Bertz CT molecular complexity index is 545. The summed E-state index contributed by atoms with van der Waals surface area (Å²) in [5, 5.41) is 11.8. The van der Waals surface area contributed by atoms with Crippen molar-refractivity contribution in [2.24, 2.45) is 0 Å². The number of benzene rings is 1. The predicted molar refractivity (Wildman–Crippen MR) is 81.5 cm³/mol. The van der Waals surface area contributed by atoms with Gasteiger partial charge in [-0.1, -0.05) is 39.0 Å². The second-order valence-electron chi connectivity index (χ2n) is 6.48. The van der Waals surface area contributed by atoms with E-state index in [0.29, 0.717) is 0 Å². The number of carbonyl (C=O) groups is 2. The molecular formula is C16H22N2O3. The van der Waals surface area contributed by atoms with Crippen LogP contribution in [0.15, 0.2) is 24.3 Å². The molecule has 0 spiro atoms. The van der Waals surface area contributed by atoms with Gasteiger partial charge in [-0.15, -0.1) is 0 Å². The van der Waals surface area contributed by atoms with Gasteiger partial charge in [-0.2, -0.15) is 0 Å². The molecule has 0 radical (unpaired) electrons. The molecule has 1 fully saturated rings. The van der Waals surface area contributed by atoms with Crippen LogP contribution in [0.2, 0.25) is 0 Å². The number of carboxylic acids is 1. The number of anilines is 1. The van der Waals surface area contributed by atoms with Crippen LogP contribution in [0, 0.1) is 0 Å². The van der Waals surface area contributed by atoms with E-state index in [9.17, 15) is 9.59 Å². The molecule has 1 aromatic carbocycles. The molecule has 1 aliphatic rings. The van der Waals surface area contributed by atoms with Crippen LogP contribution in [0.4, 0.5) is 10.5 Å². The van der Waals surface area contributed by atoms with E-state index < -0.39 is 5.97 Å². The largest absolute Gasteiger partial charge is 0.480 e. The standard InChI is InChI=1S/C16H22N2O3/c1-16(2,3)12-6-4-5-7-13(12)17-15(21)18(10-14(19)20)11-8-9-11/h4-7,11H,8-10H2,1-3H3,(H,17,21)(H,19,20). The number of aliphatic carboxylic acids is 1. The number of hydrogen-bond acceptors (Lipinski definition) is 2. The van der Waals surface area contributed by atoms with Gasteiger partial charge in [0, 0.05) is 11.7 Å². The molecule has 0 unspecified atom stereocenters. The molecule has 0 saturated heterocycles. The molecule has 2 amide bonds. The van der Waals surface area contributed by atoms with Crippen molar-refractivity contribution in [2.45, 2.75) is 45.1 Å². The van der Waals surface area contributed by atoms with Crippen molar-refractivity contribution >= 4 is 17.7 Å². The minimum atomic E-state index is -0.985. The van der Waals surface area contributed by atoms with E-state index >= 15 is 0 Å². The molecule has 0 aromatic heterocycles. The highest BCUT2D eigenvalue weighted by Gasteiger charge is 2.34. The van der Waals surface area contributed by atoms with Gasteiger partial charge in [-0.3, -0.25) is 4.79 Å². The van der Waals surface area contributed by atoms with Crippen molar-refractivity contribution in [3.05, 3.63) is 29.8 Å². The number of carboxylic acid groups (broad SMARTS) is 1. The Morgan fingerprint density at radius 1 is 1.29 bits per heavy atom. The molecule has 0 aliphatic heterocycles. The van der Waals surface area contributed by atoms with Crippen molar-refractivity contribution in [3.63, 3.8) is 0 Å². The minimum absolute atomic E-state index is 0.0582. The monoisotopic (exact) mass is 290 g/mol. The summed E-state index contributed by atoms with van der Waals surface area (Å²) in [6.45, 7) is 5.98. The first-order chi connectivity index (χ1) is 9.79. The zero-order chi connectivity index (χ0) is 15.6. The zero-order valence-corrected chi connectivity index (χ0v) is 12.7. The SMILES string of the molecule is CC(C)(C)c1ccccc1NC(=O)N(CC(=O)O)C1CC1. The third kappa shape index (κ3) is 3.97. The summed E-state index contributed by atoms with van der Waals surface area (Å²) < 4.78 is 0. The third-order valence-electron chi connectivity index (χ3n) is 3.53. The van der Waals surface area contributed by atoms with Crippen LogP contribution >= 0.6 is 0 Å². The molecule has 1 aliphatic carbocycles. The first-order valence-electron chi connectivity index (χ1n) is 7.18. The van der Waals surface area contributed by atoms with E-state index in [2.05, 4.69) is 26.1 Å². The van der Waals surface area contributed by atoms with Crippen LogP contribution in [0.1, 0.15) is 39.2 Å². The molecule has 0 bridgehead atoms. The van der Waals surface area contributed by atoms with E-state index in [1.54, 1.807) is 0 Å². The summed E-state index contributed by atoms with van der Waals surface area (Å²) in [7, 11) is 0. The highest BCUT2D eigenvalue weighted by Crippen LogP contribution is 2.31. The van der Waals surface area contributed by atoms with Gasteiger partial charge in [-0.05, 0) is 29.9 Å². The Morgan fingerprint density at radius 2 is 1.90 bits per heavy atom. The summed E-state index contributed by atoms with van der Waals surface area (Å²) in [4.78, 5) is 24.7. The normalized spacial score (nSPS) is 14.6. The molecule has 1 aromatic rings. The van der Waals surface area contributed by atoms with Crippen molar-refractivity contribution in [2.75, 3.05) is 11.9 Å². The van der Waals surface area contributed by atoms with Gasteiger partial charge in [0.05, 0.1) is 0 Å². The smallest absolute Gasteiger partial charge is 0.323 e. The molecule has 5 nitrogen and oxygen atoms in total. The average molecular weight is 290 g/mol. The van der Waals surface area contributed by atoms with Crippen LogP contribution < -0.4 is 5.32 Å². The fourth-order valence-corrected chi connectivity index (χ4v) is 2.33. The summed E-state index contributed by atoms with van der Waals surface area (Å²) >= 11 is 0. The van der Waals surface area contributed by atoms with E-state index in [-0.39, 0.29) is 24.0 Å². The number of carbonyl (C=O) groups excluding carboxylic acids is 1. The number of hydrogen-bond donors (Lipinski definition) is 2. The van der Waals surface area contributed by atoms with Gasteiger partial charge >= 0.3 is 12.0 Å². The maximum Gasteiger partial charge on any atom is 0.323 e. The lowest BCUT2D eigenvalue weighted by atomic mass is 9.86. The molecule has 0 heterocycles. The first-order valence-corrected chi connectivity index (χ1v) is 7.18. The van der Waals surface area contributed by atoms with Crippen LogP contribution in [0.3, 0.4) is 0 Å². The topological polar surface area (TPSA) is 69.6 Å². The van der Waals surface area contributed by atoms with E-state index in [1.165, 1.54) is 4.90 Å². The summed E-state index contributed by atoms with van der Waals surface area (Å²) in [5.41, 5.74) is 1.68. The molecule has 5 heteroatoms. The molecule has 1 saturated carbocycles. The van der Waals surface area contributed by atoms with Gasteiger partial charge in [0.25, 0.3) is 0 Å². The predicted octanol–water partition coefficient (Wildman–Crippen LogP) is 3.07. The second-order valence-corrected chi connectivity index (χ2v) is 6.48. The van der Waals surface area contributed by atoms with Gasteiger partial charge in [0.15, 0.2) is 0 Å². The molecule has 21 heavy (non-hydrogen) atoms. The number of rotatable bonds is 4. The number of nitrogens with one attached hydrogen (secondary N) is 1. The Hall–Kier alpha value is -2.04. The van der Waals surface area contributed by atoms with E-state index in [4.69, 9.17) is 5.11 Å². The number of amides is 2. The number of para-hydroxylation sites is 1. The van der Waals surface area contributed by atoms with E-state index in [0.717, 1.165) is 24.1 Å². The third-order valence-corrected chi connectivity index (χ3v) is 3.53. The Morgan fingerprint density at radius 3 is 2.43 bits per heavy atom. The highest BCUT2D eigenvalue weighted by atomic mass is 16.4. The van der Waals surface area contributed by atoms with Crippen molar-refractivity contribution in [3.8, 4) is 0 Å². The minimum Gasteiger partial charge on any atom is -0.480 e. The lowest BCUT2D eigenvalue weighted by Gasteiger charge is -2.25. The van der Waals surface area contributed by atoms with Crippen LogP contribution in [0.25, 0.3) is 0 Å². The Labute approximate surface area is 125 Å². The second kappa shape index (κ2) is 5.76. The molecule has 114 valence electrons. The fourth-order valence-electron chi connectivity index (χ4n) is 2.33. The van der Waals surface area contributed by atoms with Crippen LogP contribution in [-0.2, 0) is 10.2 Å². The van der Waals surface area contributed by atoms with Gasteiger partial charge in [0.2, 0.25) is 0 Å². The van der Waals surface area contributed by atoms with Crippen LogP contribution in [-0.4, -0.2) is 34.6 Å². The Balaban J connectivity index is 2.17. The number of urea groups is 1. The molecule has 2 rings (SSSR count). The van der Waals surface area contributed by atoms with Crippen molar-refractivity contribution in [1.82, 2.24) is 4.90 Å². The summed E-state index contributed by atoms with van der Waals surface area (Å²) in [6, 6.07) is 7.35. The lowest BCUT2D eigenvalue weighted by Crippen LogP contribution is -2.40. The molecule has 2 N–H and O–H groups in total. The molecule has 0 atom stereocenters. The van der Waals surface area contributed by atoms with Gasteiger partial charge in [-0.25, -0.2) is 4.79 Å². The lowest BCUT2D eigenvalue weighted by molar-refractivity contribution is -0.137. The quantitative estimate of drug-likeness (QED) is 0.895. The average Bonchev–Trinajstić information content (AvgIpc) is 3.19. The van der Waals surface area contributed by atoms with Gasteiger partial charge < -0.3 is 15.3 Å². The number of nitrogens with zero attached hydrogens (tertiary/aromatic N) is 1. The maximum absolute atomic E-state index is 12.4. The fraction of sp³-hybridized carbons (Fsp3) is 0.500. The molecular weight excluding hydrogens is 268 g/mol.